The average molecular weight is 326 g/mol. The van der Waals surface area contributed by atoms with Crippen molar-refractivity contribution in [1.29, 1.82) is 0 Å². The first-order valence-corrected chi connectivity index (χ1v) is 8.71. The summed E-state index contributed by atoms with van der Waals surface area (Å²) in [4.78, 5) is 23.1. The molecule has 0 aromatic heterocycles. The lowest BCUT2D eigenvalue weighted by atomic mass is 9.97. The van der Waals surface area contributed by atoms with Crippen LogP contribution in [-0.4, -0.2) is 49.1 Å². The third-order valence-electron chi connectivity index (χ3n) is 3.67. The molecule has 0 spiro atoms. The van der Waals surface area contributed by atoms with Gasteiger partial charge in [0.25, 0.3) is 0 Å². The van der Waals surface area contributed by atoms with Gasteiger partial charge in [0.05, 0.1) is 11.8 Å². The normalized spacial score (nSPS) is 17.1. The molecule has 0 aliphatic carbocycles. The van der Waals surface area contributed by atoms with Gasteiger partial charge < -0.3 is 10.4 Å². The zero-order chi connectivity index (χ0) is 16.3. The van der Waals surface area contributed by atoms with Gasteiger partial charge in [0, 0.05) is 24.7 Å². The third kappa shape index (κ3) is 4.05. The summed E-state index contributed by atoms with van der Waals surface area (Å²) in [7, 11) is -3.21. The fourth-order valence-corrected chi connectivity index (χ4v) is 3.30. The Balaban J connectivity index is 1.96. The summed E-state index contributed by atoms with van der Waals surface area (Å²) < 4.78 is 24.2. The highest BCUT2D eigenvalue weighted by molar-refractivity contribution is 7.88. The van der Waals surface area contributed by atoms with Crippen LogP contribution < -0.4 is 5.32 Å². The molecule has 2 N–H and O–H groups in total. The molecular formula is C14H18N2O5S. The highest BCUT2D eigenvalue weighted by Gasteiger charge is 2.28. The molecule has 0 radical (unpaired) electrons. The fourth-order valence-electron chi connectivity index (χ4n) is 2.42. The van der Waals surface area contributed by atoms with Crippen molar-refractivity contribution in [3.8, 4) is 0 Å². The van der Waals surface area contributed by atoms with E-state index in [0.717, 1.165) is 6.26 Å². The second kappa shape index (κ2) is 6.45. The number of rotatable bonds is 4. The van der Waals surface area contributed by atoms with E-state index in [4.69, 9.17) is 5.11 Å². The van der Waals surface area contributed by atoms with Gasteiger partial charge >= 0.3 is 5.97 Å². The number of carbonyl (C=O) groups is 2. The fraction of sp³-hybridized carbons (Fsp3) is 0.429. The molecule has 7 nitrogen and oxygen atoms in total. The van der Waals surface area contributed by atoms with E-state index >= 15 is 0 Å². The maximum absolute atomic E-state index is 12.2. The predicted molar refractivity (Wildman–Crippen MR) is 81.2 cm³/mol. The van der Waals surface area contributed by atoms with E-state index in [2.05, 4.69) is 5.32 Å². The molecule has 22 heavy (non-hydrogen) atoms. The van der Waals surface area contributed by atoms with E-state index in [0.29, 0.717) is 31.6 Å². The van der Waals surface area contributed by atoms with Gasteiger partial charge in [-0.1, -0.05) is 6.07 Å². The third-order valence-corrected chi connectivity index (χ3v) is 4.97. The van der Waals surface area contributed by atoms with E-state index in [9.17, 15) is 18.0 Å². The molecule has 0 atom stereocenters. The molecular weight excluding hydrogens is 308 g/mol. The van der Waals surface area contributed by atoms with Crippen molar-refractivity contribution in [1.82, 2.24) is 4.31 Å². The highest BCUT2D eigenvalue weighted by atomic mass is 32.2. The number of nitrogens with one attached hydrogen (secondary N) is 1. The Morgan fingerprint density at radius 1 is 1.27 bits per heavy atom. The molecule has 0 unspecified atom stereocenters. The molecule has 1 aromatic rings. The lowest BCUT2D eigenvalue weighted by molar-refractivity contribution is -0.120. The van der Waals surface area contributed by atoms with Crippen molar-refractivity contribution in [2.45, 2.75) is 12.8 Å². The standard InChI is InChI=1S/C14H18N2O5S/c1-22(20,21)16-7-5-10(6-8-16)13(17)15-12-4-2-3-11(9-12)14(18)19/h2-4,9-10H,5-8H2,1H3,(H,15,17)(H,18,19). The maximum atomic E-state index is 12.2. The Morgan fingerprint density at radius 3 is 2.45 bits per heavy atom. The Labute approximate surface area is 129 Å². The first-order chi connectivity index (χ1) is 10.3. The second-order valence-corrected chi connectivity index (χ2v) is 7.29. The Morgan fingerprint density at radius 2 is 1.91 bits per heavy atom. The molecule has 1 heterocycles. The van der Waals surface area contributed by atoms with E-state index in [1.807, 2.05) is 0 Å². The Bertz CT molecular complexity index is 678. The zero-order valence-electron chi connectivity index (χ0n) is 12.2. The van der Waals surface area contributed by atoms with Gasteiger partial charge in [0.1, 0.15) is 0 Å². The topological polar surface area (TPSA) is 104 Å². The summed E-state index contributed by atoms with van der Waals surface area (Å²) in [6.45, 7) is 0.651. The van der Waals surface area contributed by atoms with Crippen LogP contribution in [0.15, 0.2) is 24.3 Å². The van der Waals surface area contributed by atoms with Crippen LogP contribution in [0.5, 0.6) is 0 Å². The smallest absolute Gasteiger partial charge is 0.335 e. The number of hydrogen-bond donors (Lipinski definition) is 2. The van der Waals surface area contributed by atoms with Crippen LogP contribution in [0.1, 0.15) is 23.2 Å². The van der Waals surface area contributed by atoms with Crippen molar-refractivity contribution >= 4 is 27.6 Å². The van der Waals surface area contributed by atoms with Crippen molar-refractivity contribution in [3.63, 3.8) is 0 Å². The summed E-state index contributed by atoms with van der Waals surface area (Å²) in [5.74, 6) is -1.54. The van der Waals surface area contributed by atoms with E-state index < -0.39 is 16.0 Å². The summed E-state index contributed by atoms with van der Waals surface area (Å²) in [6.07, 6.45) is 2.07. The number of benzene rings is 1. The number of anilines is 1. The van der Waals surface area contributed by atoms with Crippen LogP contribution in [0.2, 0.25) is 0 Å². The Kier molecular flexibility index (Phi) is 4.82. The monoisotopic (exact) mass is 326 g/mol. The van der Waals surface area contributed by atoms with Gasteiger partial charge in [-0.3, -0.25) is 4.79 Å². The van der Waals surface area contributed by atoms with Crippen LogP contribution in [0.25, 0.3) is 0 Å². The summed E-state index contributed by atoms with van der Waals surface area (Å²) in [6, 6.07) is 6.02. The SMILES string of the molecule is CS(=O)(=O)N1CCC(C(=O)Nc2cccc(C(=O)O)c2)CC1. The van der Waals surface area contributed by atoms with Crippen molar-refractivity contribution in [3.05, 3.63) is 29.8 Å². The average Bonchev–Trinajstić information content (AvgIpc) is 2.46. The molecule has 1 saturated heterocycles. The highest BCUT2D eigenvalue weighted by Crippen LogP contribution is 2.21. The molecule has 8 heteroatoms. The Hall–Kier alpha value is -1.93. The number of sulfonamides is 1. The van der Waals surface area contributed by atoms with Crippen LogP contribution in [0, 0.1) is 5.92 Å². The molecule has 1 fully saturated rings. The van der Waals surface area contributed by atoms with Gasteiger partial charge in [0.15, 0.2) is 0 Å². The van der Waals surface area contributed by atoms with E-state index in [1.54, 1.807) is 12.1 Å². The molecule has 120 valence electrons. The van der Waals surface area contributed by atoms with Crippen LogP contribution in [0.3, 0.4) is 0 Å². The lowest BCUT2D eigenvalue weighted by Gasteiger charge is -2.29. The minimum atomic E-state index is -3.21. The van der Waals surface area contributed by atoms with Gasteiger partial charge in [-0.15, -0.1) is 0 Å². The van der Waals surface area contributed by atoms with Crippen molar-refractivity contribution in [2.24, 2.45) is 5.92 Å². The number of hydrogen-bond acceptors (Lipinski definition) is 4. The van der Waals surface area contributed by atoms with Gasteiger partial charge in [-0.25, -0.2) is 17.5 Å². The zero-order valence-corrected chi connectivity index (χ0v) is 13.0. The second-order valence-electron chi connectivity index (χ2n) is 5.31. The number of nitrogens with zero attached hydrogens (tertiary/aromatic N) is 1. The van der Waals surface area contributed by atoms with Crippen LogP contribution in [0.4, 0.5) is 5.69 Å². The lowest BCUT2D eigenvalue weighted by Crippen LogP contribution is -2.40. The summed E-state index contributed by atoms with van der Waals surface area (Å²) in [5.41, 5.74) is 0.528. The number of carboxylic acid groups (broad SMARTS) is 1. The number of piperidine rings is 1. The van der Waals surface area contributed by atoms with Crippen molar-refractivity contribution < 1.29 is 23.1 Å². The number of carbonyl (C=O) groups excluding carboxylic acids is 1. The molecule has 0 saturated carbocycles. The number of carboxylic acids is 1. The molecule has 1 aliphatic heterocycles. The minimum Gasteiger partial charge on any atom is -0.478 e. The minimum absolute atomic E-state index is 0.102. The first kappa shape index (κ1) is 16.4. The largest absolute Gasteiger partial charge is 0.478 e. The van der Waals surface area contributed by atoms with Gasteiger partial charge in [-0.05, 0) is 31.0 Å². The molecule has 2 rings (SSSR count). The number of aromatic carboxylic acids is 1. The first-order valence-electron chi connectivity index (χ1n) is 6.87. The quantitative estimate of drug-likeness (QED) is 0.859. The van der Waals surface area contributed by atoms with Gasteiger partial charge in [0.2, 0.25) is 15.9 Å². The molecule has 1 amide bonds. The van der Waals surface area contributed by atoms with E-state index in [1.165, 1.54) is 16.4 Å². The number of amides is 1. The summed E-state index contributed by atoms with van der Waals surface area (Å²) >= 11 is 0. The predicted octanol–water partition coefficient (Wildman–Crippen LogP) is 0.995. The molecule has 1 aromatic carbocycles. The van der Waals surface area contributed by atoms with E-state index in [-0.39, 0.29) is 17.4 Å². The van der Waals surface area contributed by atoms with Crippen LogP contribution in [-0.2, 0) is 14.8 Å². The van der Waals surface area contributed by atoms with Crippen molar-refractivity contribution in [2.75, 3.05) is 24.7 Å². The molecule has 0 bridgehead atoms. The molecule has 1 aliphatic rings. The van der Waals surface area contributed by atoms with Crippen LogP contribution >= 0.6 is 0 Å². The summed E-state index contributed by atoms with van der Waals surface area (Å²) in [5, 5.41) is 11.6. The van der Waals surface area contributed by atoms with Gasteiger partial charge in [-0.2, -0.15) is 0 Å². The maximum Gasteiger partial charge on any atom is 0.335 e.